The summed E-state index contributed by atoms with van der Waals surface area (Å²) in [4.78, 5) is 11.1. The second-order valence-electron chi connectivity index (χ2n) is 4.04. The normalized spacial score (nSPS) is 20.5. The van der Waals surface area contributed by atoms with E-state index in [-0.39, 0.29) is 0 Å². The molecule has 2 N–H and O–H groups in total. The minimum Gasteiger partial charge on any atom is -0.362 e. The molecule has 0 aromatic rings. The van der Waals surface area contributed by atoms with Crippen molar-refractivity contribution in [2.24, 2.45) is 0 Å². The molecule has 1 heterocycles. The second kappa shape index (κ2) is 6.80. The van der Waals surface area contributed by atoms with Crippen LogP contribution in [-0.2, 0) is 9.53 Å². The van der Waals surface area contributed by atoms with Gasteiger partial charge in [0, 0.05) is 12.6 Å². The van der Waals surface area contributed by atoms with Gasteiger partial charge >= 0.3 is 6.18 Å². The van der Waals surface area contributed by atoms with Crippen molar-refractivity contribution in [1.82, 2.24) is 10.6 Å². The molecule has 1 saturated heterocycles. The van der Waals surface area contributed by atoms with E-state index in [1.54, 1.807) is 0 Å². The second-order valence-corrected chi connectivity index (χ2v) is 4.04. The van der Waals surface area contributed by atoms with Crippen molar-refractivity contribution >= 4 is 5.91 Å². The highest BCUT2D eigenvalue weighted by molar-refractivity contribution is 5.77. The Hall–Kier alpha value is -0.820. The molecule has 0 saturated carbocycles. The van der Waals surface area contributed by atoms with Gasteiger partial charge in [0.15, 0.2) is 0 Å². The standard InChI is InChI=1S/C10H17F3N2O2/c11-10(12,13)7-17-6-9(16)15-5-3-8-2-1-4-14-8/h8,14H,1-7H2,(H,15,16)/t8-/m0/s1. The number of alkyl halides is 3. The molecule has 1 amide bonds. The van der Waals surface area contributed by atoms with E-state index in [4.69, 9.17) is 0 Å². The van der Waals surface area contributed by atoms with E-state index in [0.717, 1.165) is 25.8 Å². The molecule has 0 radical (unpaired) electrons. The highest BCUT2D eigenvalue weighted by Crippen LogP contribution is 2.14. The van der Waals surface area contributed by atoms with Gasteiger partial charge in [0.25, 0.3) is 0 Å². The Bertz CT molecular complexity index is 240. The van der Waals surface area contributed by atoms with Crippen LogP contribution in [0, 0.1) is 0 Å². The molecule has 0 spiro atoms. The zero-order valence-electron chi connectivity index (χ0n) is 9.48. The average Bonchev–Trinajstić information content (AvgIpc) is 2.68. The molecule has 1 aliphatic heterocycles. The number of carbonyl (C=O) groups excluding carboxylic acids is 1. The van der Waals surface area contributed by atoms with Gasteiger partial charge in [0.05, 0.1) is 0 Å². The Morgan fingerprint density at radius 3 is 2.82 bits per heavy atom. The van der Waals surface area contributed by atoms with Gasteiger partial charge in [0.2, 0.25) is 5.91 Å². The van der Waals surface area contributed by atoms with Crippen LogP contribution in [0.5, 0.6) is 0 Å². The average molecular weight is 254 g/mol. The van der Waals surface area contributed by atoms with Crippen LogP contribution in [0.4, 0.5) is 13.2 Å². The molecule has 0 unspecified atom stereocenters. The van der Waals surface area contributed by atoms with Crippen LogP contribution < -0.4 is 10.6 Å². The number of nitrogens with one attached hydrogen (secondary N) is 2. The molecule has 1 fully saturated rings. The summed E-state index contributed by atoms with van der Waals surface area (Å²) in [5.41, 5.74) is 0. The lowest BCUT2D eigenvalue weighted by Crippen LogP contribution is -2.33. The first-order valence-corrected chi connectivity index (χ1v) is 5.62. The first kappa shape index (κ1) is 14.2. The van der Waals surface area contributed by atoms with Crippen molar-refractivity contribution in [3.05, 3.63) is 0 Å². The van der Waals surface area contributed by atoms with E-state index in [1.807, 2.05) is 0 Å². The van der Waals surface area contributed by atoms with Crippen LogP contribution in [0.1, 0.15) is 19.3 Å². The van der Waals surface area contributed by atoms with Crippen molar-refractivity contribution in [3.8, 4) is 0 Å². The van der Waals surface area contributed by atoms with E-state index in [1.165, 1.54) is 0 Å². The Labute approximate surface area is 97.9 Å². The maximum atomic E-state index is 11.7. The Morgan fingerprint density at radius 1 is 1.47 bits per heavy atom. The maximum absolute atomic E-state index is 11.7. The molecule has 0 aromatic carbocycles. The summed E-state index contributed by atoms with van der Waals surface area (Å²) in [6.07, 6.45) is -1.37. The fourth-order valence-corrected chi connectivity index (χ4v) is 1.70. The molecular formula is C10H17F3N2O2. The van der Waals surface area contributed by atoms with Crippen LogP contribution in [-0.4, -0.2) is 44.4 Å². The van der Waals surface area contributed by atoms with Crippen molar-refractivity contribution in [3.63, 3.8) is 0 Å². The van der Waals surface area contributed by atoms with Crippen LogP contribution in [0.25, 0.3) is 0 Å². The predicted octanol–water partition coefficient (Wildman–Crippen LogP) is 0.824. The quantitative estimate of drug-likeness (QED) is 0.738. The number of halogens is 3. The molecule has 1 atom stereocenters. The van der Waals surface area contributed by atoms with Gasteiger partial charge in [0.1, 0.15) is 13.2 Å². The molecule has 100 valence electrons. The Balaban J connectivity index is 1.97. The van der Waals surface area contributed by atoms with Crippen molar-refractivity contribution in [2.45, 2.75) is 31.5 Å². The number of hydrogen-bond donors (Lipinski definition) is 2. The topological polar surface area (TPSA) is 50.4 Å². The third-order valence-electron chi connectivity index (χ3n) is 2.48. The Kier molecular flexibility index (Phi) is 5.70. The van der Waals surface area contributed by atoms with Crippen LogP contribution in [0.2, 0.25) is 0 Å². The number of ether oxygens (including phenoxy) is 1. The molecule has 0 aliphatic carbocycles. The summed E-state index contributed by atoms with van der Waals surface area (Å²) >= 11 is 0. The fraction of sp³-hybridized carbons (Fsp3) is 0.900. The predicted molar refractivity (Wildman–Crippen MR) is 55.5 cm³/mol. The van der Waals surface area contributed by atoms with Crippen molar-refractivity contribution in [2.75, 3.05) is 26.3 Å². The first-order chi connectivity index (χ1) is 7.97. The summed E-state index contributed by atoms with van der Waals surface area (Å²) in [7, 11) is 0. The fourth-order valence-electron chi connectivity index (χ4n) is 1.70. The number of hydrogen-bond acceptors (Lipinski definition) is 3. The molecule has 7 heteroatoms. The smallest absolute Gasteiger partial charge is 0.362 e. The summed E-state index contributed by atoms with van der Waals surface area (Å²) < 4.78 is 39.3. The highest BCUT2D eigenvalue weighted by atomic mass is 19.4. The van der Waals surface area contributed by atoms with Crippen molar-refractivity contribution in [1.29, 1.82) is 0 Å². The third-order valence-corrected chi connectivity index (χ3v) is 2.48. The van der Waals surface area contributed by atoms with Crippen LogP contribution in [0.3, 0.4) is 0 Å². The molecule has 17 heavy (non-hydrogen) atoms. The van der Waals surface area contributed by atoms with Crippen molar-refractivity contribution < 1.29 is 22.7 Å². The minimum absolute atomic E-state index is 0.409. The number of rotatable bonds is 6. The summed E-state index contributed by atoms with van der Waals surface area (Å²) in [6, 6.07) is 0.409. The summed E-state index contributed by atoms with van der Waals surface area (Å²) in [5.74, 6) is -0.507. The third kappa shape index (κ3) is 7.17. The minimum atomic E-state index is -4.38. The van der Waals surface area contributed by atoms with E-state index < -0.39 is 25.3 Å². The zero-order valence-corrected chi connectivity index (χ0v) is 9.48. The molecule has 4 nitrogen and oxygen atoms in total. The molecule has 1 rings (SSSR count). The summed E-state index contributed by atoms with van der Waals surface area (Å²) in [5, 5.41) is 5.79. The lowest BCUT2D eigenvalue weighted by atomic mass is 10.1. The molecule has 0 aromatic heterocycles. The van der Waals surface area contributed by atoms with E-state index in [9.17, 15) is 18.0 Å². The molecule has 1 aliphatic rings. The highest BCUT2D eigenvalue weighted by Gasteiger charge is 2.27. The van der Waals surface area contributed by atoms with Gasteiger partial charge in [-0.1, -0.05) is 0 Å². The monoisotopic (exact) mass is 254 g/mol. The van der Waals surface area contributed by atoms with Gasteiger partial charge in [-0.25, -0.2) is 0 Å². The van der Waals surface area contributed by atoms with E-state index >= 15 is 0 Å². The SMILES string of the molecule is O=C(COCC(F)(F)F)NCC[C@@H]1CCCN1. The molecule has 0 bridgehead atoms. The lowest BCUT2D eigenvalue weighted by molar-refractivity contribution is -0.175. The number of amides is 1. The van der Waals surface area contributed by atoms with Gasteiger partial charge in [-0.2, -0.15) is 13.2 Å². The number of carbonyl (C=O) groups is 1. The van der Waals surface area contributed by atoms with Crippen LogP contribution in [0.15, 0.2) is 0 Å². The largest absolute Gasteiger partial charge is 0.411 e. The van der Waals surface area contributed by atoms with Crippen LogP contribution >= 0.6 is 0 Å². The summed E-state index contributed by atoms with van der Waals surface area (Å²) in [6.45, 7) is -0.471. The van der Waals surface area contributed by atoms with Gasteiger partial charge in [-0.05, 0) is 25.8 Å². The lowest BCUT2D eigenvalue weighted by Gasteiger charge is -2.11. The zero-order chi connectivity index (χ0) is 12.7. The Morgan fingerprint density at radius 2 is 2.24 bits per heavy atom. The first-order valence-electron chi connectivity index (χ1n) is 5.62. The van der Waals surface area contributed by atoms with E-state index in [2.05, 4.69) is 15.4 Å². The molecular weight excluding hydrogens is 237 g/mol. The van der Waals surface area contributed by atoms with Gasteiger partial charge in [-0.15, -0.1) is 0 Å². The van der Waals surface area contributed by atoms with Gasteiger partial charge < -0.3 is 15.4 Å². The van der Waals surface area contributed by atoms with E-state index in [0.29, 0.717) is 12.6 Å². The maximum Gasteiger partial charge on any atom is 0.411 e. The van der Waals surface area contributed by atoms with Gasteiger partial charge in [-0.3, -0.25) is 4.79 Å².